The summed E-state index contributed by atoms with van der Waals surface area (Å²) < 4.78 is 26.4. The van der Waals surface area contributed by atoms with Gasteiger partial charge in [-0.3, -0.25) is 4.79 Å². The zero-order valence-corrected chi connectivity index (χ0v) is 31.2. The summed E-state index contributed by atoms with van der Waals surface area (Å²) >= 11 is 0. The number of carbonyl (C=O) groups is 1. The van der Waals surface area contributed by atoms with Gasteiger partial charge in [-0.2, -0.15) is 0 Å². The minimum Gasteiger partial charge on any atom is -0.459 e. The lowest BCUT2D eigenvalue weighted by Gasteiger charge is -2.41. The molecule has 0 aliphatic rings. The van der Waals surface area contributed by atoms with Crippen LogP contribution < -0.4 is 0 Å². The van der Waals surface area contributed by atoms with E-state index in [0.29, 0.717) is 13.0 Å². The zero-order chi connectivity index (χ0) is 32.7. The van der Waals surface area contributed by atoms with Gasteiger partial charge in [-0.05, 0) is 61.6 Å². The van der Waals surface area contributed by atoms with Crippen molar-refractivity contribution >= 4 is 22.6 Å². The highest BCUT2D eigenvalue weighted by Crippen LogP contribution is 2.38. The van der Waals surface area contributed by atoms with E-state index in [1.165, 1.54) is 0 Å². The molecule has 0 heterocycles. The number of carbonyl (C=O) groups excluding carboxylic acids is 1. The largest absolute Gasteiger partial charge is 0.459 e. The van der Waals surface area contributed by atoms with E-state index in [-0.39, 0.29) is 23.2 Å². The molecule has 1 rings (SSSR count). The van der Waals surface area contributed by atoms with Crippen molar-refractivity contribution in [3.63, 3.8) is 0 Å². The summed E-state index contributed by atoms with van der Waals surface area (Å²) in [6.45, 7) is 30.6. The van der Waals surface area contributed by atoms with E-state index in [4.69, 9.17) is 18.3 Å². The van der Waals surface area contributed by atoms with Crippen molar-refractivity contribution in [2.75, 3.05) is 0 Å². The van der Waals surface area contributed by atoms with Crippen molar-refractivity contribution < 1.29 is 23.1 Å². The molecule has 5 atom stereocenters. The highest BCUT2D eigenvalue weighted by atomic mass is 28.4. The highest BCUT2D eigenvalue weighted by Gasteiger charge is 2.42. The monoisotopic (exact) mass is 632 g/mol. The molecular weight excluding hydrogens is 569 g/mol. The maximum Gasteiger partial charge on any atom is 0.311 e. The van der Waals surface area contributed by atoms with Crippen molar-refractivity contribution in [2.24, 2.45) is 5.92 Å². The molecule has 1 unspecified atom stereocenters. The number of benzene rings is 1. The van der Waals surface area contributed by atoms with Crippen LogP contribution >= 0.6 is 0 Å². The predicted octanol–water partition coefficient (Wildman–Crippen LogP) is 10.2. The Morgan fingerprint density at radius 1 is 0.907 bits per heavy atom. The molecule has 1 aromatic carbocycles. The van der Waals surface area contributed by atoms with E-state index in [1.807, 2.05) is 43.3 Å². The molecule has 0 amide bonds. The summed E-state index contributed by atoms with van der Waals surface area (Å²) in [6, 6.07) is 13.1. The molecule has 0 saturated carbocycles. The number of unbranched alkanes of at least 4 members (excludes halogenated alkanes) is 2. The van der Waals surface area contributed by atoms with E-state index < -0.39 is 34.8 Å². The molecule has 0 aromatic heterocycles. The van der Waals surface area contributed by atoms with Crippen LogP contribution in [-0.4, -0.2) is 47.0 Å². The van der Waals surface area contributed by atoms with Gasteiger partial charge in [0.1, 0.15) is 12.2 Å². The smallest absolute Gasteiger partial charge is 0.311 e. The van der Waals surface area contributed by atoms with Crippen LogP contribution in [0.3, 0.4) is 0 Å². The van der Waals surface area contributed by atoms with Crippen LogP contribution in [0.5, 0.6) is 0 Å². The summed E-state index contributed by atoms with van der Waals surface area (Å²) in [7, 11) is -4.10. The quantitative estimate of drug-likeness (QED) is 0.0551. The van der Waals surface area contributed by atoms with Crippen molar-refractivity contribution in [3.8, 4) is 0 Å². The first kappa shape index (κ1) is 39.5. The Bertz CT molecular complexity index is 930. The first-order valence-corrected chi connectivity index (χ1v) is 22.1. The Labute approximate surface area is 267 Å². The second kappa shape index (κ2) is 19.1. The van der Waals surface area contributed by atoms with Crippen molar-refractivity contribution in [3.05, 3.63) is 61.2 Å². The maximum atomic E-state index is 14.0. The lowest BCUT2D eigenvalue weighted by Crippen LogP contribution is -2.48. The Morgan fingerprint density at radius 2 is 1.51 bits per heavy atom. The van der Waals surface area contributed by atoms with Gasteiger partial charge in [0.2, 0.25) is 0 Å². The van der Waals surface area contributed by atoms with E-state index in [2.05, 4.69) is 74.7 Å². The van der Waals surface area contributed by atoms with Crippen LogP contribution in [0.2, 0.25) is 36.3 Å². The number of hydrogen-bond donors (Lipinski definition) is 0. The topological polar surface area (TPSA) is 54.0 Å². The molecule has 7 heteroatoms. The molecule has 1 aromatic rings. The SMILES string of the molecule is C=C[C@H](OCc1ccccc1)C(CCCCC)OC(=O)[C@@H](C)[C@@H](C[C@H](C=C)O[Si](C)(C)C(C)(C)C)O[Si](CC)(CC)CC. The highest BCUT2D eigenvalue weighted by molar-refractivity contribution is 6.74. The normalized spacial score (nSPS) is 16.1. The molecule has 0 radical (unpaired) electrons. The molecule has 246 valence electrons. The van der Waals surface area contributed by atoms with Crippen LogP contribution in [0.25, 0.3) is 0 Å². The molecule has 0 aliphatic heterocycles. The van der Waals surface area contributed by atoms with Crippen LogP contribution in [0.1, 0.15) is 93.1 Å². The van der Waals surface area contributed by atoms with Gasteiger partial charge in [-0.1, -0.05) is 104 Å². The molecule has 43 heavy (non-hydrogen) atoms. The summed E-state index contributed by atoms with van der Waals surface area (Å²) in [4.78, 5) is 14.0. The number of rotatable bonds is 22. The standard InChI is InChI=1S/C36H64O5Si2/c1-13-19-21-26-33(32(15-3)38-28-30-24-22-20-23-25-30)39-35(37)29(7)34(41-43(16-4,17-5)18-6)27-31(14-2)40-42(11,12)36(8,9)10/h14-15,20,22-25,29,31-34H,2-3,13,16-19,21,26-28H2,1,4-12H3/t29-,31-,32-,33?,34+/m0/s1. The van der Waals surface area contributed by atoms with Crippen molar-refractivity contribution in [1.82, 2.24) is 0 Å². The van der Waals surface area contributed by atoms with E-state index in [9.17, 15) is 4.79 Å². The fourth-order valence-electron chi connectivity index (χ4n) is 5.04. The molecule has 0 spiro atoms. The third-order valence-corrected chi connectivity index (χ3v) is 18.7. The Balaban J connectivity index is 3.26. The van der Waals surface area contributed by atoms with E-state index in [0.717, 1.165) is 49.4 Å². The second-order valence-corrected chi connectivity index (χ2v) is 23.0. The van der Waals surface area contributed by atoms with E-state index in [1.54, 1.807) is 6.08 Å². The first-order valence-electron chi connectivity index (χ1n) is 16.7. The number of ether oxygens (including phenoxy) is 2. The minimum atomic E-state index is -2.06. The maximum absolute atomic E-state index is 14.0. The fourth-order valence-corrected chi connectivity index (χ4v) is 9.29. The van der Waals surface area contributed by atoms with Crippen molar-refractivity contribution in [2.45, 2.75) is 155 Å². The van der Waals surface area contributed by atoms with Crippen LogP contribution in [0, 0.1) is 5.92 Å². The molecule has 5 nitrogen and oxygen atoms in total. The lowest BCUT2D eigenvalue weighted by atomic mass is 9.98. The van der Waals surface area contributed by atoms with Crippen LogP contribution in [0.4, 0.5) is 0 Å². The van der Waals surface area contributed by atoms with Gasteiger partial charge in [-0.15, -0.1) is 13.2 Å². The number of hydrogen-bond acceptors (Lipinski definition) is 5. The van der Waals surface area contributed by atoms with Gasteiger partial charge in [0.25, 0.3) is 0 Å². The number of esters is 1. The Hall–Kier alpha value is -1.52. The van der Waals surface area contributed by atoms with Crippen molar-refractivity contribution in [1.29, 1.82) is 0 Å². The summed E-state index contributed by atoms with van der Waals surface area (Å²) in [5, 5.41) is 0.0646. The second-order valence-electron chi connectivity index (χ2n) is 13.5. The van der Waals surface area contributed by atoms with E-state index >= 15 is 0 Å². The van der Waals surface area contributed by atoms with Gasteiger partial charge < -0.3 is 18.3 Å². The Kier molecular flexibility index (Phi) is 17.5. The zero-order valence-electron chi connectivity index (χ0n) is 29.2. The first-order chi connectivity index (χ1) is 20.2. The van der Waals surface area contributed by atoms with Gasteiger partial charge >= 0.3 is 5.97 Å². The molecule has 0 saturated heterocycles. The fraction of sp³-hybridized carbons (Fsp3) is 0.694. The predicted molar refractivity (Wildman–Crippen MR) is 187 cm³/mol. The summed E-state index contributed by atoms with van der Waals surface area (Å²) in [6.07, 6.45) is 6.76. The average Bonchev–Trinajstić information content (AvgIpc) is 2.98. The van der Waals surface area contributed by atoms with Gasteiger partial charge in [0, 0.05) is 6.42 Å². The lowest BCUT2D eigenvalue weighted by molar-refractivity contribution is -0.164. The molecular formula is C36H64O5Si2. The van der Waals surface area contributed by atoms with Gasteiger partial charge in [0.05, 0.1) is 24.7 Å². The summed E-state index contributed by atoms with van der Waals surface area (Å²) in [5.41, 5.74) is 1.08. The molecule has 0 bridgehead atoms. The average molecular weight is 633 g/mol. The summed E-state index contributed by atoms with van der Waals surface area (Å²) in [5.74, 6) is -0.710. The molecule has 0 aliphatic carbocycles. The third kappa shape index (κ3) is 12.8. The molecule has 0 fully saturated rings. The van der Waals surface area contributed by atoms with Gasteiger partial charge in [0.15, 0.2) is 16.6 Å². The Morgan fingerprint density at radius 3 is 2.00 bits per heavy atom. The van der Waals surface area contributed by atoms with Crippen LogP contribution in [-0.2, 0) is 29.7 Å². The minimum absolute atomic E-state index is 0.0646. The third-order valence-electron chi connectivity index (χ3n) is 9.49. The van der Waals surface area contributed by atoms with Gasteiger partial charge in [-0.25, -0.2) is 0 Å². The van der Waals surface area contributed by atoms with Crippen LogP contribution in [0.15, 0.2) is 55.6 Å². The molecule has 0 N–H and O–H groups in total.